The third-order valence-electron chi connectivity index (χ3n) is 0. The molecule has 0 fully saturated rings. The predicted molar refractivity (Wildman–Crippen MR) is 21.3 cm³/mol. The fraction of sp³-hybridized carbons (Fsp3) is 0. The van der Waals surface area contributed by atoms with Gasteiger partial charge in [0.1, 0.15) is 0 Å². The van der Waals surface area contributed by atoms with Gasteiger partial charge in [-0.2, -0.15) is 0 Å². The Kier molecular flexibility index (Phi) is 366. The Balaban J connectivity index is 0. The summed E-state index contributed by atoms with van der Waals surface area (Å²) in [7, 11) is 0. The van der Waals surface area contributed by atoms with Gasteiger partial charge in [-0.05, 0) is 11.0 Å². The number of hydrogen-bond acceptors (Lipinski definition) is 0. The third-order valence-corrected chi connectivity index (χ3v) is 0. The Labute approximate surface area is 113 Å². The zero-order valence-corrected chi connectivity index (χ0v) is 11.8. The first-order valence-electron chi connectivity index (χ1n) is 0. The summed E-state index contributed by atoms with van der Waals surface area (Å²) in [6, 6.07) is 0. The van der Waals surface area contributed by atoms with Crippen LogP contribution in [-0.4, -0.2) is 19.4 Å². The van der Waals surface area contributed by atoms with E-state index in [2.05, 4.69) is 0 Å². The SMILES string of the molecule is B.[Hf].[Nb].[SiH4].[Ti].[Zr]. The molecule has 0 unspecified atom stereocenters. The molecule has 0 heterocycles. The minimum absolute atomic E-state index is 0. The summed E-state index contributed by atoms with van der Waals surface area (Å²) in [5, 5.41) is 0. The molecule has 0 saturated heterocycles. The molecule has 0 saturated carbocycles. The van der Waals surface area contributed by atoms with E-state index in [1.807, 2.05) is 0 Å². The summed E-state index contributed by atoms with van der Waals surface area (Å²) in [6.07, 6.45) is 0. The van der Waals surface area contributed by atoms with E-state index in [1.54, 1.807) is 0 Å². The van der Waals surface area contributed by atoms with Gasteiger partial charge in [-0.1, -0.05) is 0 Å². The second-order valence-corrected chi connectivity index (χ2v) is 0. The van der Waals surface area contributed by atoms with Crippen molar-refractivity contribution >= 4 is 19.4 Å². The maximum atomic E-state index is 0. The molecule has 0 aromatic heterocycles. The maximum absolute atomic E-state index is 0. The molecule has 6 heteroatoms. The van der Waals surface area contributed by atoms with Gasteiger partial charge in [-0.25, -0.2) is 0 Å². The second kappa shape index (κ2) is 39.1. The first-order chi connectivity index (χ1) is 0. The quantitative estimate of drug-likeness (QED) is 0.350. The van der Waals surface area contributed by atoms with Crippen LogP contribution in [0.2, 0.25) is 0 Å². The second-order valence-electron chi connectivity index (χ2n) is 0. The van der Waals surface area contributed by atoms with Crippen molar-refractivity contribution in [2.75, 3.05) is 0 Å². The van der Waals surface area contributed by atoms with Crippen molar-refractivity contribution in [1.29, 1.82) is 0 Å². The summed E-state index contributed by atoms with van der Waals surface area (Å²) < 4.78 is 0. The van der Waals surface area contributed by atoms with E-state index in [4.69, 9.17) is 0 Å². The van der Waals surface area contributed by atoms with Crippen LogP contribution in [-0.2, 0) is 96.1 Å². The van der Waals surface area contributed by atoms with E-state index in [1.165, 1.54) is 0 Å². The van der Waals surface area contributed by atoms with Crippen molar-refractivity contribution in [3.8, 4) is 0 Å². The number of hydrogen-bond donors (Lipinski definition) is 0. The van der Waals surface area contributed by atoms with Crippen LogP contribution in [0.1, 0.15) is 0 Å². The van der Waals surface area contributed by atoms with Crippen LogP contribution < -0.4 is 0 Å². The van der Waals surface area contributed by atoms with Gasteiger partial charge in [-0.15, -0.1) is 0 Å². The fourth-order valence-corrected chi connectivity index (χ4v) is 0. The van der Waals surface area contributed by atoms with Crippen LogP contribution in [0, 0.1) is 0 Å². The Bertz CT molecular complexity index is 15.5. The Morgan fingerprint density at radius 1 is 1.00 bits per heavy atom. The molecule has 0 N–H and O–H groups in total. The third kappa shape index (κ3) is 25.9. The van der Waals surface area contributed by atoms with E-state index in [-0.39, 0.29) is 116 Å². The van der Waals surface area contributed by atoms with E-state index in [9.17, 15) is 0 Å². The van der Waals surface area contributed by atoms with Crippen LogP contribution >= 0.6 is 0 Å². The van der Waals surface area contributed by atoms with Crippen LogP contribution in [0.25, 0.3) is 0 Å². The standard InChI is InChI=1S/BH3.Hf.Nb.H4Si.Ti.Zr/h1H3;;;1H4;;. The average Bonchev–Trinajstić information content (AvgIpc) is 0. The average molecular weight is 456 g/mol. The van der Waals surface area contributed by atoms with Gasteiger partial charge < -0.3 is 0 Å². The zero-order chi connectivity index (χ0) is 0. The zero-order valence-electron chi connectivity index (χ0n) is 1.95. The Hall–Kier alpha value is 3.49. The van der Waals surface area contributed by atoms with E-state index < -0.39 is 0 Å². The molecule has 0 aliphatic rings. The van der Waals surface area contributed by atoms with Crippen molar-refractivity contribution in [2.24, 2.45) is 0 Å². The van der Waals surface area contributed by atoms with Gasteiger partial charge in [0.25, 0.3) is 0 Å². The predicted octanol–water partition coefficient (Wildman–Crippen LogP) is -2.65. The monoisotopic (exact) mass is 457 g/mol. The van der Waals surface area contributed by atoms with Crippen LogP contribution in [0.4, 0.5) is 0 Å². The summed E-state index contributed by atoms with van der Waals surface area (Å²) in [4.78, 5) is 0. The van der Waals surface area contributed by atoms with E-state index in [0.717, 1.165) is 0 Å². The minimum Gasteiger partial charge on any atom is -0.0149 e. The van der Waals surface area contributed by atoms with Crippen molar-refractivity contribution < 1.29 is 96.1 Å². The first kappa shape index (κ1) is 56.2. The largest absolute Gasteiger partial charge is 0.0814 e. The van der Waals surface area contributed by atoms with Gasteiger partial charge in [0.05, 0.1) is 8.41 Å². The van der Waals surface area contributed by atoms with E-state index >= 15 is 0 Å². The number of rotatable bonds is 0. The topological polar surface area (TPSA) is 0 Å². The molecule has 0 rings (SSSR count). The maximum Gasteiger partial charge on any atom is 0.0814 e. The van der Waals surface area contributed by atoms with Crippen LogP contribution in [0.3, 0.4) is 0 Å². The Morgan fingerprint density at radius 2 is 1.00 bits per heavy atom. The molecular weight excluding hydrogens is 449 g/mol. The molecule has 6 heavy (non-hydrogen) atoms. The summed E-state index contributed by atoms with van der Waals surface area (Å²) >= 11 is 0. The van der Waals surface area contributed by atoms with Crippen molar-refractivity contribution in [1.82, 2.24) is 0 Å². The van der Waals surface area contributed by atoms with Crippen LogP contribution in [0.5, 0.6) is 0 Å². The minimum atomic E-state index is 0. The molecule has 0 aromatic carbocycles. The molecule has 0 atom stereocenters. The summed E-state index contributed by atoms with van der Waals surface area (Å²) in [5.41, 5.74) is 0. The molecule has 0 aromatic rings. The van der Waals surface area contributed by atoms with Gasteiger partial charge in [0.2, 0.25) is 0 Å². The van der Waals surface area contributed by atoms with Crippen molar-refractivity contribution in [2.45, 2.75) is 0 Å². The van der Waals surface area contributed by atoms with E-state index in [0.29, 0.717) is 0 Å². The normalized spacial score (nSPS) is 0. The molecule has 0 aliphatic carbocycles. The molecule has 0 amide bonds. The Morgan fingerprint density at radius 3 is 1.00 bits per heavy atom. The fourth-order valence-electron chi connectivity index (χ4n) is 0. The first-order valence-corrected chi connectivity index (χ1v) is 0. The van der Waals surface area contributed by atoms with Crippen molar-refractivity contribution in [3.63, 3.8) is 0 Å². The molecule has 1 radical (unpaired) electrons. The summed E-state index contributed by atoms with van der Waals surface area (Å²) in [5.74, 6) is 0. The molecule has 0 bridgehead atoms. The van der Waals surface area contributed by atoms with Crippen molar-refractivity contribution in [3.05, 3.63) is 0 Å². The molecule has 31 valence electrons. The van der Waals surface area contributed by atoms with Gasteiger partial charge >= 0.3 is 0 Å². The van der Waals surface area contributed by atoms with Gasteiger partial charge in [-0.3, -0.25) is 0 Å². The molecule has 0 aliphatic heterocycles. The van der Waals surface area contributed by atoms with Gasteiger partial charge in [0.15, 0.2) is 0 Å². The van der Waals surface area contributed by atoms with Crippen LogP contribution in [0.15, 0.2) is 0 Å². The molecule has 0 nitrogen and oxygen atoms in total. The molecule has 0 spiro atoms. The smallest absolute Gasteiger partial charge is 0.0149 e. The summed E-state index contributed by atoms with van der Waals surface area (Å²) in [6.45, 7) is 0. The van der Waals surface area contributed by atoms with Gasteiger partial charge in [0, 0.05) is 96.1 Å². The molecular formula is H7BHfNbSiTiZr.